The molecular weight excluding hydrogens is 170 g/mol. The molecular formula is C8H11N3O2. The minimum Gasteiger partial charge on any atom is -0.592 e. The molecule has 0 radical (unpaired) electrons. The van der Waals surface area contributed by atoms with E-state index in [1.54, 1.807) is 18.2 Å². The first-order chi connectivity index (χ1) is 6.15. The monoisotopic (exact) mass is 181 g/mol. The Bertz CT molecular complexity index is 323. The van der Waals surface area contributed by atoms with Crippen molar-refractivity contribution in [2.75, 3.05) is 19.0 Å². The zero-order valence-electron chi connectivity index (χ0n) is 7.51. The minimum absolute atomic E-state index is 0.160. The molecule has 0 spiro atoms. The van der Waals surface area contributed by atoms with Crippen molar-refractivity contribution in [3.8, 4) is 0 Å². The van der Waals surface area contributed by atoms with E-state index >= 15 is 0 Å². The molecule has 0 saturated carbocycles. The van der Waals surface area contributed by atoms with E-state index in [9.17, 15) is 5.21 Å². The average Bonchev–Trinajstić information content (AvgIpc) is 2.17. The van der Waals surface area contributed by atoms with Gasteiger partial charge >= 0.3 is 0 Å². The molecule has 1 rings (SSSR count). The first-order valence-electron chi connectivity index (χ1n) is 3.75. The normalized spacial score (nSPS) is 11.4. The molecule has 0 amide bonds. The third kappa shape index (κ3) is 2.08. The molecule has 0 aliphatic carbocycles. The molecule has 0 aliphatic rings. The van der Waals surface area contributed by atoms with Crippen LogP contribution in [0.3, 0.4) is 0 Å². The van der Waals surface area contributed by atoms with Crippen LogP contribution in [0.2, 0.25) is 0 Å². The number of rotatable bonds is 2. The smallest absolute Gasteiger partial charge is 0.250 e. The topological polar surface area (TPSA) is 61.9 Å². The Morgan fingerprint density at radius 1 is 1.46 bits per heavy atom. The number of benzene rings is 1. The van der Waals surface area contributed by atoms with E-state index in [1.807, 2.05) is 25.1 Å². The largest absolute Gasteiger partial charge is 0.592 e. The van der Waals surface area contributed by atoms with Gasteiger partial charge in [0.25, 0.3) is 0 Å². The second kappa shape index (κ2) is 3.75. The zero-order chi connectivity index (χ0) is 9.84. The molecule has 13 heavy (non-hydrogen) atoms. The van der Waals surface area contributed by atoms with Crippen molar-refractivity contribution in [1.29, 1.82) is 0 Å². The van der Waals surface area contributed by atoms with Gasteiger partial charge in [0.1, 0.15) is 0 Å². The van der Waals surface area contributed by atoms with Gasteiger partial charge in [-0.15, -0.1) is 0 Å². The first-order valence-corrected chi connectivity index (χ1v) is 3.75. The highest BCUT2D eigenvalue weighted by molar-refractivity contribution is 5.51. The summed E-state index contributed by atoms with van der Waals surface area (Å²) in [6.07, 6.45) is 0. The van der Waals surface area contributed by atoms with Gasteiger partial charge < -0.3 is 15.3 Å². The summed E-state index contributed by atoms with van der Waals surface area (Å²) in [4.78, 5) is 2.02. The second-order valence-electron chi connectivity index (χ2n) is 2.78. The number of nitrogens with zero attached hydrogens (tertiary/aromatic N) is 3. The van der Waals surface area contributed by atoms with E-state index in [0.717, 1.165) is 5.69 Å². The van der Waals surface area contributed by atoms with Gasteiger partial charge in [-0.3, -0.25) is 0 Å². The first kappa shape index (κ1) is 9.31. The standard InChI is InChI=1S/C8H11N3O2/c1-10(2)7-4-3-5-8(6-7)11(13)9-12/h3-6,12H,1-2H3. The van der Waals surface area contributed by atoms with Crippen LogP contribution in [0.15, 0.2) is 29.5 Å². The van der Waals surface area contributed by atoms with Crippen molar-refractivity contribution in [2.24, 2.45) is 5.28 Å². The lowest BCUT2D eigenvalue weighted by Crippen LogP contribution is -2.08. The van der Waals surface area contributed by atoms with E-state index in [1.165, 1.54) is 0 Å². The van der Waals surface area contributed by atoms with Gasteiger partial charge in [-0.1, -0.05) is 6.07 Å². The summed E-state index contributed by atoms with van der Waals surface area (Å²) in [5, 5.41) is 21.6. The molecule has 0 atom stereocenters. The molecule has 1 aromatic rings. The van der Waals surface area contributed by atoms with E-state index in [2.05, 4.69) is 5.28 Å². The Morgan fingerprint density at radius 3 is 2.69 bits per heavy atom. The summed E-state index contributed by atoms with van der Waals surface area (Å²) in [7, 11) is 3.73. The van der Waals surface area contributed by atoms with E-state index < -0.39 is 0 Å². The lowest BCUT2D eigenvalue weighted by molar-refractivity contribution is -0.473. The summed E-state index contributed by atoms with van der Waals surface area (Å²) in [5.41, 5.74) is 1.18. The van der Waals surface area contributed by atoms with Crippen LogP contribution in [0.5, 0.6) is 0 Å². The lowest BCUT2D eigenvalue weighted by Gasteiger charge is -2.11. The van der Waals surface area contributed by atoms with Crippen LogP contribution >= 0.6 is 0 Å². The minimum atomic E-state index is 0.160. The summed E-state index contributed by atoms with van der Waals surface area (Å²) in [6, 6.07) is 6.78. The van der Waals surface area contributed by atoms with E-state index in [-0.39, 0.29) is 4.86 Å². The van der Waals surface area contributed by atoms with Crippen LogP contribution in [-0.2, 0) is 0 Å². The molecule has 0 bridgehead atoms. The van der Waals surface area contributed by atoms with E-state index in [4.69, 9.17) is 5.21 Å². The zero-order valence-corrected chi connectivity index (χ0v) is 7.51. The number of hydrogen-bond acceptors (Lipinski definition) is 3. The third-order valence-electron chi connectivity index (χ3n) is 1.65. The van der Waals surface area contributed by atoms with Gasteiger partial charge in [0.15, 0.2) is 0 Å². The lowest BCUT2D eigenvalue weighted by atomic mass is 10.3. The van der Waals surface area contributed by atoms with Crippen molar-refractivity contribution in [3.63, 3.8) is 0 Å². The SMILES string of the molecule is CN(C)c1cccc([N+]([O-])=NO)c1. The molecule has 5 nitrogen and oxygen atoms in total. The van der Waals surface area contributed by atoms with Gasteiger partial charge in [0.05, 0.1) is 0 Å². The van der Waals surface area contributed by atoms with Crippen LogP contribution in [0.4, 0.5) is 11.4 Å². The van der Waals surface area contributed by atoms with E-state index in [0.29, 0.717) is 5.69 Å². The molecule has 70 valence electrons. The van der Waals surface area contributed by atoms with Crippen LogP contribution in [0.1, 0.15) is 0 Å². The van der Waals surface area contributed by atoms with Crippen LogP contribution in [0, 0.1) is 5.21 Å². The maximum Gasteiger partial charge on any atom is 0.250 e. The van der Waals surface area contributed by atoms with Crippen molar-refractivity contribution in [3.05, 3.63) is 29.5 Å². The second-order valence-corrected chi connectivity index (χ2v) is 2.78. The molecule has 1 N–H and O–H groups in total. The fourth-order valence-electron chi connectivity index (χ4n) is 0.942. The average molecular weight is 181 g/mol. The fourth-order valence-corrected chi connectivity index (χ4v) is 0.942. The predicted molar refractivity (Wildman–Crippen MR) is 48.3 cm³/mol. The van der Waals surface area contributed by atoms with Crippen LogP contribution in [-0.4, -0.2) is 24.2 Å². The number of anilines is 1. The van der Waals surface area contributed by atoms with Gasteiger partial charge in [-0.2, -0.15) is 0 Å². The summed E-state index contributed by atoms with van der Waals surface area (Å²) >= 11 is 0. The summed E-state index contributed by atoms with van der Waals surface area (Å²) in [5.74, 6) is 0. The summed E-state index contributed by atoms with van der Waals surface area (Å²) in [6.45, 7) is 0. The molecule has 1 aromatic carbocycles. The molecule has 0 saturated heterocycles. The van der Waals surface area contributed by atoms with Crippen LogP contribution in [0.25, 0.3) is 0 Å². The van der Waals surface area contributed by atoms with Gasteiger partial charge in [0.2, 0.25) is 11.0 Å². The Hall–Kier alpha value is -1.78. The summed E-state index contributed by atoms with van der Waals surface area (Å²) < 4.78 is 0. The Balaban J connectivity index is 3.05. The van der Waals surface area contributed by atoms with Crippen molar-refractivity contribution < 1.29 is 10.1 Å². The fraction of sp³-hybridized carbons (Fsp3) is 0.250. The maximum absolute atomic E-state index is 10.9. The van der Waals surface area contributed by atoms with Crippen molar-refractivity contribution in [2.45, 2.75) is 0 Å². The van der Waals surface area contributed by atoms with Gasteiger partial charge in [-0.05, 0) is 10.9 Å². The van der Waals surface area contributed by atoms with Gasteiger partial charge in [0, 0.05) is 31.9 Å². The molecule has 0 heterocycles. The maximum atomic E-state index is 10.9. The Labute approximate surface area is 76.1 Å². The highest BCUT2D eigenvalue weighted by Crippen LogP contribution is 2.19. The Morgan fingerprint density at radius 2 is 2.15 bits per heavy atom. The third-order valence-corrected chi connectivity index (χ3v) is 1.65. The molecule has 5 heteroatoms. The van der Waals surface area contributed by atoms with Gasteiger partial charge in [-0.25, -0.2) is 0 Å². The predicted octanol–water partition coefficient (Wildman–Crippen LogP) is 1.74. The van der Waals surface area contributed by atoms with Crippen molar-refractivity contribution >= 4 is 11.4 Å². The Kier molecular flexibility index (Phi) is 2.69. The molecule has 0 fully saturated rings. The van der Waals surface area contributed by atoms with Crippen molar-refractivity contribution in [1.82, 2.24) is 0 Å². The highest BCUT2D eigenvalue weighted by Gasteiger charge is 2.04. The molecule has 0 unspecified atom stereocenters. The number of hydrogen-bond donors (Lipinski definition) is 1. The molecule has 0 aliphatic heterocycles. The highest BCUT2D eigenvalue weighted by atomic mass is 16.6. The molecule has 0 aromatic heterocycles. The van der Waals surface area contributed by atoms with Crippen LogP contribution < -0.4 is 4.90 Å². The quantitative estimate of drug-likeness (QED) is 0.429.